The van der Waals surface area contributed by atoms with Gasteiger partial charge in [0.25, 0.3) is 0 Å². The molecule has 1 saturated heterocycles. The van der Waals surface area contributed by atoms with Crippen LogP contribution in [0.1, 0.15) is 18.4 Å². The third-order valence-corrected chi connectivity index (χ3v) is 6.75. The van der Waals surface area contributed by atoms with Crippen LogP contribution in [-0.2, 0) is 14.8 Å². The summed E-state index contributed by atoms with van der Waals surface area (Å²) in [6, 6.07) is 11.4. The Morgan fingerprint density at radius 2 is 2.07 bits per heavy atom. The predicted molar refractivity (Wildman–Crippen MR) is 103 cm³/mol. The van der Waals surface area contributed by atoms with E-state index in [1.807, 2.05) is 6.07 Å². The Kier molecular flexibility index (Phi) is 5.89. The molecule has 7 nitrogen and oxygen atoms in total. The van der Waals surface area contributed by atoms with Gasteiger partial charge in [-0.2, -0.15) is 9.57 Å². The van der Waals surface area contributed by atoms with Gasteiger partial charge in [-0.1, -0.05) is 12.1 Å². The van der Waals surface area contributed by atoms with Gasteiger partial charge in [-0.15, -0.1) is 0 Å². The second-order valence-electron chi connectivity index (χ2n) is 6.16. The highest BCUT2D eigenvalue weighted by Crippen LogP contribution is 2.26. The van der Waals surface area contributed by atoms with Crippen molar-refractivity contribution in [1.29, 1.82) is 5.26 Å². The lowest BCUT2D eigenvalue weighted by Crippen LogP contribution is -2.43. The Morgan fingerprint density at radius 3 is 2.78 bits per heavy atom. The van der Waals surface area contributed by atoms with Crippen molar-refractivity contribution in [3.63, 3.8) is 0 Å². The van der Waals surface area contributed by atoms with E-state index in [1.165, 1.54) is 16.4 Å². The molecule has 0 bridgehead atoms. The molecule has 1 aromatic carbocycles. The Bertz CT molecular complexity index is 986. The minimum Gasteiger partial charge on any atom is -0.310 e. The summed E-state index contributed by atoms with van der Waals surface area (Å²) in [4.78, 5) is 16.6. The van der Waals surface area contributed by atoms with E-state index in [2.05, 4.69) is 26.2 Å². The number of amides is 1. The number of benzene rings is 1. The summed E-state index contributed by atoms with van der Waals surface area (Å²) in [7, 11) is -3.84. The lowest BCUT2D eigenvalue weighted by atomic mass is 9.99. The number of sulfonamides is 1. The van der Waals surface area contributed by atoms with E-state index in [4.69, 9.17) is 0 Å². The first-order valence-electron chi connectivity index (χ1n) is 8.33. The number of anilines is 1. The van der Waals surface area contributed by atoms with Gasteiger partial charge in [-0.25, -0.2) is 13.4 Å². The fourth-order valence-electron chi connectivity index (χ4n) is 2.98. The third-order valence-electron chi connectivity index (χ3n) is 4.36. The van der Waals surface area contributed by atoms with Crippen LogP contribution in [0.3, 0.4) is 0 Å². The van der Waals surface area contributed by atoms with Crippen molar-refractivity contribution >= 4 is 37.7 Å². The molecule has 1 fully saturated rings. The van der Waals surface area contributed by atoms with Crippen LogP contribution in [0.25, 0.3) is 0 Å². The quantitative estimate of drug-likeness (QED) is 0.773. The molecule has 140 valence electrons. The second-order valence-corrected chi connectivity index (χ2v) is 8.98. The topological polar surface area (TPSA) is 103 Å². The zero-order valence-electron chi connectivity index (χ0n) is 14.3. The maximum Gasteiger partial charge on any atom is 0.244 e. The smallest absolute Gasteiger partial charge is 0.244 e. The van der Waals surface area contributed by atoms with Gasteiger partial charge < -0.3 is 5.32 Å². The Labute approximate surface area is 166 Å². The Hall–Kier alpha value is -2.28. The lowest BCUT2D eigenvalue weighted by molar-refractivity contribution is -0.120. The second kappa shape index (κ2) is 8.17. The molecule has 2 heterocycles. The van der Waals surface area contributed by atoms with Gasteiger partial charge in [0.05, 0.1) is 16.4 Å². The average Bonchev–Trinajstić information content (AvgIpc) is 2.69. The van der Waals surface area contributed by atoms with Crippen LogP contribution in [0.5, 0.6) is 0 Å². The number of aromatic nitrogens is 1. The molecule has 1 amide bonds. The van der Waals surface area contributed by atoms with Crippen LogP contribution >= 0.6 is 15.9 Å². The van der Waals surface area contributed by atoms with Gasteiger partial charge in [0.15, 0.2) is 0 Å². The molecule has 1 unspecified atom stereocenters. The van der Waals surface area contributed by atoms with E-state index in [0.717, 1.165) is 4.47 Å². The number of nitrogens with zero attached hydrogens (tertiary/aromatic N) is 3. The number of pyridine rings is 1. The van der Waals surface area contributed by atoms with Gasteiger partial charge in [-0.05, 0) is 53.0 Å². The number of piperidine rings is 1. The molecule has 1 aliphatic heterocycles. The monoisotopic (exact) mass is 448 g/mol. The largest absolute Gasteiger partial charge is 0.310 e. The van der Waals surface area contributed by atoms with Crippen LogP contribution < -0.4 is 5.32 Å². The summed E-state index contributed by atoms with van der Waals surface area (Å²) in [6.45, 7) is 0.396. The van der Waals surface area contributed by atoms with Crippen molar-refractivity contribution in [3.8, 4) is 6.07 Å². The van der Waals surface area contributed by atoms with E-state index in [9.17, 15) is 18.5 Å². The van der Waals surface area contributed by atoms with Crippen molar-refractivity contribution in [2.24, 2.45) is 5.92 Å². The Balaban J connectivity index is 1.76. The highest BCUT2D eigenvalue weighted by Gasteiger charge is 2.34. The predicted octanol–water partition coefficient (Wildman–Crippen LogP) is 2.76. The normalized spacial score (nSPS) is 17.9. The van der Waals surface area contributed by atoms with Gasteiger partial charge in [-0.3, -0.25) is 4.79 Å². The van der Waals surface area contributed by atoms with Crippen LogP contribution in [0.4, 0.5) is 5.82 Å². The number of hydrogen-bond acceptors (Lipinski definition) is 5. The van der Waals surface area contributed by atoms with Crippen molar-refractivity contribution in [1.82, 2.24) is 9.29 Å². The van der Waals surface area contributed by atoms with Crippen molar-refractivity contribution in [2.75, 3.05) is 18.4 Å². The van der Waals surface area contributed by atoms with Crippen molar-refractivity contribution in [3.05, 3.63) is 52.6 Å². The summed E-state index contributed by atoms with van der Waals surface area (Å²) in [5, 5.41) is 11.9. The zero-order valence-corrected chi connectivity index (χ0v) is 16.7. The molecular weight excluding hydrogens is 432 g/mol. The number of nitrogens with one attached hydrogen (secondary N) is 1. The average molecular weight is 449 g/mol. The molecule has 1 aromatic heterocycles. The van der Waals surface area contributed by atoms with E-state index < -0.39 is 15.9 Å². The van der Waals surface area contributed by atoms with Gasteiger partial charge >= 0.3 is 0 Å². The molecular formula is C18H17BrN4O3S. The number of carbonyl (C=O) groups is 1. The van der Waals surface area contributed by atoms with Crippen LogP contribution in [0, 0.1) is 17.2 Å². The minimum atomic E-state index is -3.84. The van der Waals surface area contributed by atoms with Gasteiger partial charge in [0.2, 0.25) is 15.9 Å². The van der Waals surface area contributed by atoms with Crippen LogP contribution in [-0.4, -0.2) is 36.7 Å². The first-order chi connectivity index (χ1) is 12.9. The highest BCUT2D eigenvalue weighted by atomic mass is 79.9. The number of rotatable bonds is 4. The van der Waals surface area contributed by atoms with E-state index in [-0.39, 0.29) is 22.9 Å². The number of halogens is 1. The molecule has 1 N–H and O–H groups in total. The molecule has 0 aliphatic carbocycles. The standard InChI is InChI=1S/C18H17BrN4O3S/c19-15-7-8-17(21-11-15)22-18(24)14-5-3-9-23(12-14)27(25,26)16-6-2-1-4-13(16)10-20/h1-2,4,6-8,11,14H,3,5,9,12H2,(H,21,22,24). The Morgan fingerprint density at radius 1 is 1.30 bits per heavy atom. The lowest BCUT2D eigenvalue weighted by Gasteiger charge is -2.31. The first-order valence-corrected chi connectivity index (χ1v) is 10.6. The summed E-state index contributed by atoms with van der Waals surface area (Å²) in [5.74, 6) is -0.329. The molecule has 27 heavy (non-hydrogen) atoms. The fraction of sp³-hybridized carbons (Fsp3) is 0.278. The van der Waals surface area contributed by atoms with Gasteiger partial charge in [0.1, 0.15) is 11.9 Å². The maximum absolute atomic E-state index is 13.0. The molecule has 1 aliphatic rings. The molecule has 1 atom stereocenters. The molecule has 2 aromatic rings. The van der Waals surface area contributed by atoms with E-state index >= 15 is 0 Å². The summed E-state index contributed by atoms with van der Waals surface area (Å²) >= 11 is 3.28. The first kappa shape index (κ1) is 19.5. The molecule has 0 spiro atoms. The van der Waals surface area contributed by atoms with E-state index in [0.29, 0.717) is 25.2 Å². The highest BCUT2D eigenvalue weighted by molar-refractivity contribution is 9.10. The maximum atomic E-state index is 13.0. The van der Waals surface area contributed by atoms with Gasteiger partial charge in [0, 0.05) is 23.8 Å². The molecule has 9 heteroatoms. The number of nitriles is 1. The minimum absolute atomic E-state index is 0.0249. The van der Waals surface area contributed by atoms with Crippen LogP contribution in [0.15, 0.2) is 52.0 Å². The van der Waals surface area contributed by atoms with Crippen molar-refractivity contribution < 1.29 is 13.2 Å². The SMILES string of the molecule is N#Cc1ccccc1S(=O)(=O)N1CCCC(C(=O)Nc2ccc(Br)cn2)C1. The van der Waals surface area contributed by atoms with Crippen LogP contribution in [0.2, 0.25) is 0 Å². The molecule has 0 saturated carbocycles. The zero-order chi connectivity index (χ0) is 19.4. The molecule has 0 radical (unpaired) electrons. The number of hydrogen-bond donors (Lipinski definition) is 1. The number of carbonyl (C=O) groups excluding carboxylic acids is 1. The third kappa shape index (κ3) is 4.35. The fourth-order valence-corrected chi connectivity index (χ4v) is 4.88. The van der Waals surface area contributed by atoms with Crippen molar-refractivity contribution in [2.45, 2.75) is 17.7 Å². The van der Waals surface area contributed by atoms with E-state index in [1.54, 1.807) is 30.5 Å². The summed E-state index contributed by atoms with van der Waals surface area (Å²) in [5.41, 5.74) is 0.100. The summed E-state index contributed by atoms with van der Waals surface area (Å²) in [6.07, 6.45) is 2.74. The summed E-state index contributed by atoms with van der Waals surface area (Å²) < 4.78 is 28.0. The molecule has 3 rings (SSSR count).